The van der Waals surface area contributed by atoms with Crippen LogP contribution in [0.5, 0.6) is 0 Å². The van der Waals surface area contributed by atoms with Gasteiger partial charge in [0, 0.05) is 25.3 Å². The van der Waals surface area contributed by atoms with Crippen molar-refractivity contribution in [3.05, 3.63) is 35.1 Å². The summed E-state index contributed by atoms with van der Waals surface area (Å²) in [4.78, 5) is 12.0. The molecule has 1 aromatic rings. The van der Waals surface area contributed by atoms with Crippen molar-refractivity contribution in [2.24, 2.45) is 11.7 Å². The third kappa shape index (κ3) is 4.55. The zero-order valence-corrected chi connectivity index (χ0v) is 11.8. The van der Waals surface area contributed by atoms with Crippen LogP contribution < -0.4 is 11.1 Å². The lowest BCUT2D eigenvalue weighted by molar-refractivity contribution is 0.0946. The molecule has 1 atom stereocenters. The van der Waals surface area contributed by atoms with E-state index < -0.39 is 11.7 Å². The van der Waals surface area contributed by atoms with E-state index in [1.165, 1.54) is 18.2 Å². The minimum atomic E-state index is -0.546. The molecule has 112 valence electrons. The summed E-state index contributed by atoms with van der Waals surface area (Å²) in [6, 6.07) is 4.23. The van der Waals surface area contributed by atoms with Gasteiger partial charge in [0.2, 0.25) is 0 Å². The Morgan fingerprint density at radius 3 is 3.10 bits per heavy atom. The first-order chi connectivity index (χ1) is 10.2. The molecule has 1 fully saturated rings. The largest absolute Gasteiger partial charge is 0.381 e. The predicted molar refractivity (Wildman–Crippen MR) is 78.2 cm³/mol. The number of carbonyl (C=O) groups is 1. The normalized spacial score (nSPS) is 17.1. The number of rotatable bonds is 4. The highest BCUT2D eigenvalue weighted by Gasteiger charge is 2.16. The average molecular weight is 290 g/mol. The van der Waals surface area contributed by atoms with Crippen molar-refractivity contribution in [1.82, 2.24) is 5.32 Å². The third-order valence-electron chi connectivity index (χ3n) is 3.41. The van der Waals surface area contributed by atoms with Crippen LogP contribution in [0, 0.1) is 23.6 Å². The smallest absolute Gasteiger partial charge is 0.254 e. The van der Waals surface area contributed by atoms with Crippen LogP contribution in [0.2, 0.25) is 0 Å². The van der Waals surface area contributed by atoms with Gasteiger partial charge < -0.3 is 15.8 Å². The van der Waals surface area contributed by atoms with E-state index in [0.29, 0.717) is 18.0 Å². The Morgan fingerprint density at radius 1 is 1.52 bits per heavy atom. The Kier molecular flexibility index (Phi) is 5.73. The van der Waals surface area contributed by atoms with E-state index in [0.717, 1.165) is 26.1 Å². The molecule has 0 radical (unpaired) electrons. The highest BCUT2D eigenvalue weighted by molar-refractivity contribution is 5.94. The van der Waals surface area contributed by atoms with Gasteiger partial charge in [0.05, 0.1) is 12.1 Å². The molecular formula is C16H19FN2O2. The summed E-state index contributed by atoms with van der Waals surface area (Å²) in [6.07, 6.45) is 1.87. The summed E-state index contributed by atoms with van der Waals surface area (Å²) in [6.45, 7) is 2.27. The van der Waals surface area contributed by atoms with Crippen LogP contribution in [0.1, 0.15) is 28.8 Å². The molecule has 1 aliphatic heterocycles. The summed E-state index contributed by atoms with van der Waals surface area (Å²) in [5.74, 6) is 4.99. The Bertz CT molecular complexity index is 557. The molecule has 4 nitrogen and oxygen atoms in total. The lowest BCUT2D eigenvalue weighted by atomic mass is 10.1. The van der Waals surface area contributed by atoms with E-state index in [-0.39, 0.29) is 12.1 Å². The second-order valence-corrected chi connectivity index (χ2v) is 4.97. The fourth-order valence-corrected chi connectivity index (χ4v) is 2.23. The third-order valence-corrected chi connectivity index (χ3v) is 3.41. The predicted octanol–water partition coefficient (Wildman–Crippen LogP) is 1.29. The van der Waals surface area contributed by atoms with Gasteiger partial charge in [-0.2, -0.15) is 0 Å². The molecule has 1 saturated heterocycles. The second-order valence-electron chi connectivity index (χ2n) is 4.97. The van der Waals surface area contributed by atoms with Crippen molar-refractivity contribution in [2.75, 3.05) is 26.3 Å². The Morgan fingerprint density at radius 2 is 2.38 bits per heavy atom. The van der Waals surface area contributed by atoms with Crippen LogP contribution in [-0.2, 0) is 4.74 Å². The molecule has 1 aliphatic rings. The minimum absolute atomic E-state index is 0.0153. The van der Waals surface area contributed by atoms with Crippen molar-refractivity contribution < 1.29 is 13.9 Å². The molecular weight excluding hydrogens is 271 g/mol. The van der Waals surface area contributed by atoms with E-state index in [1.54, 1.807) is 0 Å². The molecule has 2 rings (SSSR count). The highest BCUT2D eigenvalue weighted by Crippen LogP contribution is 2.15. The molecule has 0 aliphatic carbocycles. The standard InChI is InChI=1S/C16H19FN2O2/c17-15-4-3-12(2-1-7-18)10-14(15)16(20)19-8-5-13-6-9-21-11-13/h3-4,10,13H,5-9,11,18H2,(H,19,20). The average Bonchev–Trinajstić information content (AvgIpc) is 2.99. The maximum absolute atomic E-state index is 13.7. The summed E-state index contributed by atoms with van der Waals surface area (Å²) >= 11 is 0. The molecule has 1 amide bonds. The number of carbonyl (C=O) groups excluding carboxylic acids is 1. The van der Waals surface area contributed by atoms with Gasteiger partial charge in [0.1, 0.15) is 5.82 Å². The molecule has 1 unspecified atom stereocenters. The summed E-state index contributed by atoms with van der Waals surface area (Å²) in [5, 5.41) is 2.74. The van der Waals surface area contributed by atoms with Crippen molar-refractivity contribution >= 4 is 5.91 Å². The lowest BCUT2D eigenvalue weighted by Gasteiger charge is -2.09. The number of ether oxygens (including phenoxy) is 1. The number of hydrogen-bond donors (Lipinski definition) is 2. The monoisotopic (exact) mass is 290 g/mol. The Hall–Kier alpha value is -1.90. The van der Waals surface area contributed by atoms with Crippen LogP contribution in [0.4, 0.5) is 4.39 Å². The van der Waals surface area contributed by atoms with Gasteiger partial charge in [0.15, 0.2) is 0 Å². The van der Waals surface area contributed by atoms with E-state index in [1.807, 2.05) is 0 Å². The fraction of sp³-hybridized carbons (Fsp3) is 0.438. The van der Waals surface area contributed by atoms with Crippen molar-refractivity contribution in [1.29, 1.82) is 0 Å². The van der Waals surface area contributed by atoms with Crippen LogP contribution in [0.15, 0.2) is 18.2 Å². The molecule has 0 spiro atoms. The van der Waals surface area contributed by atoms with Gasteiger partial charge in [-0.05, 0) is 37.0 Å². The number of benzene rings is 1. The van der Waals surface area contributed by atoms with Gasteiger partial charge in [-0.1, -0.05) is 11.8 Å². The molecule has 0 bridgehead atoms. The van der Waals surface area contributed by atoms with Crippen molar-refractivity contribution in [2.45, 2.75) is 12.8 Å². The molecule has 0 aromatic heterocycles. The zero-order chi connectivity index (χ0) is 15.1. The molecule has 3 N–H and O–H groups in total. The number of nitrogens with one attached hydrogen (secondary N) is 1. The zero-order valence-electron chi connectivity index (χ0n) is 11.8. The van der Waals surface area contributed by atoms with E-state index in [9.17, 15) is 9.18 Å². The molecule has 21 heavy (non-hydrogen) atoms. The van der Waals surface area contributed by atoms with Crippen LogP contribution >= 0.6 is 0 Å². The molecule has 1 aromatic carbocycles. The topological polar surface area (TPSA) is 64.4 Å². The van der Waals surface area contributed by atoms with Crippen LogP contribution in [-0.4, -0.2) is 32.2 Å². The maximum Gasteiger partial charge on any atom is 0.254 e. The summed E-state index contributed by atoms with van der Waals surface area (Å²) in [7, 11) is 0. The van der Waals surface area contributed by atoms with Crippen molar-refractivity contribution in [3.8, 4) is 11.8 Å². The minimum Gasteiger partial charge on any atom is -0.381 e. The summed E-state index contributed by atoms with van der Waals surface area (Å²) in [5.41, 5.74) is 5.89. The van der Waals surface area contributed by atoms with E-state index in [2.05, 4.69) is 17.2 Å². The van der Waals surface area contributed by atoms with Crippen LogP contribution in [0.3, 0.4) is 0 Å². The molecule has 0 saturated carbocycles. The Labute approximate surface area is 123 Å². The second kappa shape index (κ2) is 7.77. The van der Waals surface area contributed by atoms with E-state index in [4.69, 9.17) is 10.5 Å². The summed E-state index contributed by atoms with van der Waals surface area (Å²) < 4.78 is 19.0. The quantitative estimate of drug-likeness (QED) is 0.821. The first kappa shape index (κ1) is 15.5. The van der Waals surface area contributed by atoms with Gasteiger partial charge in [0.25, 0.3) is 5.91 Å². The molecule has 5 heteroatoms. The first-order valence-corrected chi connectivity index (χ1v) is 7.05. The number of halogens is 1. The Balaban J connectivity index is 1.94. The number of amides is 1. The van der Waals surface area contributed by atoms with Gasteiger partial charge in [-0.3, -0.25) is 4.79 Å². The number of hydrogen-bond acceptors (Lipinski definition) is 3. The van der Waals surface area contributed by atoms with Gasteiger partial charge in [-0.15, -0.1) is 0 Å². The maximum atomic E-state index is 13.7. The van der Waals surface area contributed by atoms with Gasteiger partial charge >= 0.3 is 0 Å². The van der Waals surface area contributed by atoms with Gasteiger partial charge in [-0.25, -0.2) is 4.39 Å². The van der Waals surface area contributed by atoms with Crippen LogP contribution in [0.25, 0.3) is 0 Å². The fourth-order valence-electron chi connectivity index (χ4n) is 2.23. The number of nitrogens with two attached hydrogens (primary N) is 1. The lowest BCUT2D eigenvalue weighted by Crippen LogP contribution is -2.27. The van der Waals surface area contributed by atoms with Crippen molar-refractivity contribution in [3.63, 3.8) is 0 Å². The molecule has 1 heterocycles. The highest BCUT2D eigenvalue weighted by atomic mass is 19.1. The SMILES string of the molecule is NCC#Cc1ccc(F)c(C(=O)NCCC2CCOC2)c1. The van der Waals surface area contributed by atoms with E-state index >= 15 is 0 Å². The first-order valence-electron chi connectivity index (χ1n) is 7.05.